The van der Waals surface area contributed by atoms with Gasteiger partial charge in [0.15, 0.2) is 26.8 Å². The number of nitrogens with one attached hydrogen (secondary N) is 1. The largest absolute Gasteiger partial charge is 0.468 e. The molecule has 0 aromatic heterocycles. The molecule has 2 atom stereocenters. The molecule has 1 heterocycles. The van der Waals surface area contributed by atoms with Gasteiger partial charge in [0, 0.05) is 5.56 Å². The van der Waals surface area contributed by atoms with Crippen LogP contribution in [0.2, 0.25) is 5.02 Å². The SMILES string of the molecule is CCS(=O)(=O)c1ccc(C(CO)NC(=O)c2ccc(N3[C@@H](C)Oc4ccc(Cl)c(F)c4S3(=O)=O)c(F)c2)cc1. The zero-order valence-electron chi connectivity index (χ0n) is 20.6. The highest BCUT2D eigenvalue weighted by Gasteiger charge is 2.42. The molecule has 0 bridgehead atoms. The van der Waals surface area contributed by atoms with E-state index in [1.165, 1.54) is 44.2 Å². The van der Waals surface area contributed by atoms with Crippen molar-refractivity contribution in [3.8, 4) is 5.75 Å². The van der Waals surface area contributed by atoms with Crippen LogP contribution in [0.3, 0.4) is 0 Å². The first kappa shape index (κ1) is 28.7. The van der Waals surface area contributed by atoms with E-state index in [0.717, 1.165) is 24.3 Å². The third kappa shape index (κ3) is 5.31. The van der Waals surface area contributed by atoms with Crippen molar-refractivity contribution in [2.24, 2.45) is 0 Å². The lowest BCUT2D eigenvalue weighted by Gasteiger charge is -2.35. The predicted octanol–water partition coefficient (Wildman–Crippen LogP) is 3.81. The standard InChI is InChI=1S/C25H23ClF2N2O7S2/c1-3-38(33,34)17-7-4-15(5-8-17)20(13-31)29-25(32)16-6-10-21(19(27)12-16)30-14(2)37-22-11-9-18(26)23(28)24(22)39(30,35)36/h4-12,14,20,31H,3,13H2,1-2H3,(H,29,32)/t14-,20?/m1/s1. The van der Waals surface area contributed by atoms with Crippen LogP contribution in [0.5, 0.6) is 5.75 Å². The van der Waals surface area contributed by atoms with Crippen LogP contribution in [0.25, 0.3) is 0 Å². The Morgan fingerprint density at radius 1 is 1.15 bits per heavy atom. The van der Waals surface area contributed by atoms with Crippen molar-refractivity contribution in [1.82, 2.24) is 5.32 Å². The lowest BCUT2D eigenvalue weighted by molar-refractivity contribution is 0.0915. The average molecular weight is 601 g/mol. The Labute approximate surface area is 228 Å². The minimum atomic E-state index is -4.64. The fourth-order valence-electron chi connectivity index (χ4n) is 4.08. The quantitative estimate of drug-likeness (QED) is 0.422. The molecule has 1 unspecified atom stereocenters. The van der Waals surface area contributed by atoms with E-state index in [1.807, 2.05) is 0 Å². The number of aliphatic hydroxyl groups is 1. The first-order chi connectivity index (χ1) is 18.3. The van der Waals surface area contributed by atoms with Gasteiger partial charge in [-0.1, -0.05) is 30.7 Å². The van der Waals surface area contributed by atoms with Crippen molar-refractivity contribution in [1.29, 1.82) is 0 Å². The number of rotatable bonds is 7. The number of sulfonamides is 1. The Bertz CT molecular complexity index is 1650. The first-order valence-corrected chi connectivity index (χ1v) is 15.0. The second-order valence-corrected chi connectivity index (χ2v) is 13.0. The molecule has 1 aliphatic rings. The maximum Gasteiger partial charge on any atom is 0.274 e. The lowest BCUT2D eigenvalue weighted by atomic mass is 10.1. The van der Waals surface area contributed by atoms with Gasteiger partial charge in [0.05, 0.1) is 34.0 Å². The molecule has 0 fully saturated rings. The predicted molar refractivity (Wildman–Crippen MR) is 139 cm³/mol. The van der Waals surface area contributed by atoms with E-state index in [1.54, 1.807) is 0 Å². The van der Waals surface area contributed by atoms with Crippen molar-refractivity contribution < 1.29 is 40.3 Å². The number of anilines is 1. The van der Waals surface area contributed by atoms with Crippen LogP contribution in [-0.2, 0) is 19.9 Å². The van der Waals surface area contributed by atoms with Gasteiger partial charge in [0.25, 0.3) is 15.9 Å². The number of ether oxygens (including phenoxy) is 1. The molecule has 4 rings (SSSR count). The maximum atomic E-state index is 15.2. The topological polar surface area (TPSA) is 130 Å². The van der Waals surface area contributed by atoms with Crippen LogP contribution in [0.4, 0.5) is 14.5 Å². The molecule has 3 aromatic rings. The summed E-state index contributed by atoms with van der Waals surface area (Å²) >= 11 is 5.75. The Balaban J connectivity index is 1.60. The summed E-state index contributed by atoms with van der Waals surface area (Å²) in [5, 5.41) is 11.9. The highest BCUT2D eigenvalue weighted by molar-refractivity contribution is 7.93. The summed E-state index contributed by atoms with van der Waals surface area (Å²) in [6, 6.07) is 9.98. The summed E-state index contributed by atoms with van der Waals surface area (Å²) in [4.78, 5) is 12.1. The molecule has 0 saturated heterocycles. The van der Waals surface area contributed by atoms with E-state index >= 15 is 4.39 Å². The van der Waals surface area contributed by atoms with Gasteiger partial charge in [0.2, 0.25) is 0 Å². The third-order valence-electron chi connectivity index (χ3n) is 6.12. The van der Waals surface area contributed by atoms with E-state index in [4.69, 9.17) is 16.3 Å². The zero-order chi connectivity index (χ0) is 28.7. The fourth-order valence-corrected chi connectivity index (χ4v) is 6.92. The molecule has 9 nitrogen and oxygen atoms in total. The first-order valence-electron chi connectivity index (χ1n) is 11.5. The summed E-state index contributed by atoms with van der Waals surface area (Å²) in [7, 11) is -8.08. The minimum absolute atomic E-state index is 0.0880. The van der Waals surface area contributed by atoms with Crippen molar-refractivity contribution in [3.05, 3.63) is 82.4 Å². The number of sulfone groups is 1. The highest BCUT2D eigenvalue weighted by Crippen LogP contribution is 2.41. The maximum absolute atomic E-state index is 15.2. The van der Waals surface area contributed by atoms with Crippen molar-refractivity contribution >= 4 is 43.1 Å². The molecule has 1 aliphatic heterocycles. The van der Waals surface area contributed by atoms with Gasteiger partial charge in [-0.3, -0.25) is 4.79 Å². The van der Waals surface area contributed by atoms with Gasteiger partial charge in [-0.25, -0.2) is 29.9 Å². The fraction of sp³-hybridized carbons (Fsp3) is 0.240. The molecular weight excluding hydrogens is 578 g/mol. The molecule has 14 heteroatoms. The molecule has 3 aromatic carbocycles. The number of carbonyl (C=O) groups excluding carboxylic acids is 1. The number of amides is 1. The smallest absolute Gasteiger partial charge is 0.274 e. The van der Waals surface area contributed by atoms with Gasteiger partial charge in [-0.05, 0) is 55.0 Å². The Morgan fingerprint density at radius 3 is 2.41 bits per heavy atom. The molecule has 39 heavy (non-hydrogen) atoms. The van der Waals surface area contributed by atoms with Crippen molar-refractivity contribution in [2.75, 3.05) is 16.7 Å². The normalized spacial score (nSPS) is 17.2. The van der Waals surface area contributed by atoms with E-state index in [-0.39, 0.29) is 22.0 Å². The van der Waals surface area contributed by atoms with Crippen LogP contribution in [0.1, 0.15) is 35.8 Å². The molecule has 0 radical (unpaired) electrons. The van der Waals surface area contributed by atoms with Gasteiger partial charge >= 0.3 is 0 Å². The number of hydrogen-bond acceptors (Lipinski definition) is 7. The van der Waals surface area contributed by atoms with Crippen molar-refractivity contribution in [2.45, 2.75) is 35.9 Å². The Hall–Kier alpha value is -3.26. The number of fused-ring (bicyclic) bond motifs is 1. The molecular formula is C25H23ClF2N2O7S2. The third-order valence-corrected chi connectivity index (χ3v) is 10.1. The molecule has 208 valence electrons. The number of benzene rings is 3. The van der Waals surface area contributed by atoms with Crippen LogP contribution in [0.15, 0.2) is 64.4 Å². The summed E-state index contributed by atoms with van der Waals surface area (Å²) in [5.74, 6) is -3.50. The van der Waals surface area contributed by atoms with Crippen molar-refractivity contribution in [3.63, 3.8) is 0 Å². The van der Waals surface area contributed by atoms with E-state index in [0.29, 0.717) is 9.87 Å². The monoisotopic (exact) mass is 600 g/mol. The molecule has 0 aliphatic carbocycles. The van der Waals surface area contributed by atoms with Gasteiger partial charge in [-0.15, -0.1) is 0 Å². The number of carbonyl (C=O) groups is 1. The summed E-state index contributed by atoms with van der Waals surface area (Å²) < 4.78 is 86.4. The summed E-state index contributed by atoms with van der Waals surface area (Å²) in [5.41, 5.74) is -0.282. The number of hydrogen-bond donors (Lipinski definition) is 2. The molecule has 0 spiro atoms. The van der Waals surface area contributed by atoms with Crippen LogP contribution in [-0.4, -0.2) is 46.4 Å². The highest BCUT2D eigenvalue weighted by atomic mass is 35.5. The second-order valence-electron chi connectivity index (χ2n) is 8.55. The van der Waals surface area contributed by atoms with Crippen LogP contribution in [0, 0.1) is 11.6 Å². The number of halogens is 3. The molecule has 0 saturated carbocycles. The molecule has 1 amide bonds. The minimum Gasteiger partial charge on any atom is -0.468 e. The Kier molecular flexibility index (Phi) is 7.90. The van der Waals surface area contributed by atoms with Gasteiger partial charge < -0.3 is 15.2 Å². The van der Waals surface area contributed by atoms with E-state index in [9.17, 15) is 31.1 Å². The van der Waals surface area contributed by atoms with Gasteiger partial charge in [-0.2, -0.15) is 0 Å². The Morgan fingerprint density at radius 2 is 1.82 bits per heavy atom. The summed E-state index contributed by atoms with van der Waals surface area (Å²) in [6.07, 6.45) is -1.25. The zero-order valence-corrected chi connectivity index (χ0v) is 22.9. The summed E-state index contributed by atoms with van der Waals surface area (Å²) in [6.45, 7) is 2.29. The van der Waals surface area contributed by atoms with Gasteiger partial charge in [0.1, 0.15) is 11.6 Å². The van der Waals surface area contributed by atoms with Crippen LogP contribution < -0.4 is 14.4 Å². The lowest BCUT2D eigenvalue weighted by Crippen LogP contribution is -2.46. The second kappa shape index (κ2) is 10.7. The van der Waals surface area contributed by atoms with Crippen LogP contribution >= 0.6 is 11.6 Å². The average Bonchev–Trinajstić information content (AvgIpc) is 2.89. The van der Waals surface area contributed by atoms with E-state index < -0.39 is 71.9 Å². The van der Waals surface area contributed by atoms with E-state index in [2.05, 4.69) is 5.32 Å². The number of aliphatic hydroxyl groups excluding tert-OH is 1. The molecule has 2 N–H and O–H groups in total. The number of nitrogens with zero attached hydrogens (tertiary/aromatic N) is 1.